The Morgan fingerprint density at radius 1 is 1.89 bits per heavy atom. The summed E-state index contributed by atoms with van der Waals surface area (Å²) in [6.07, 6.45) is 0. The molecule has 0 atom stereocenters. The van der Waals surface area contributed by atoms with Crippen LogP contribution in [0, 0.1) is 0 Å². The van der Waals surface area contributed by atoms with Gasteiger partial charge in [0.2, 0.25) is 0 Å². The SMILES string of the molecule is COC(=O)CS/C=C/Cl. The van der Waals surface area contributed by atoms with Gasteiger partial charge in [-0.15, -0.1) is 11.8 Å². The minimum Gasteiger partial charge on any atom is -0.468 e. The molecule has 0 aromatic carbocycles. The summed E-state index contributed by atoms with van der Waals surface area (Å²) in [4.78, 5) is 10.4. The number of methoxy groups -OCH3 is 1. The van der Waals surface area contributed by atoms with E-state index in [0.29, 0.717) is 5.75 Å². The van der Waals surface area contributed by atoms with Gasteiger partial charge in [0.05, 0.1) is 12.9 Å². The van der Waals surface area contributed by atoms with E-state index < -0.39 is 0 Å². The maximum absolute atomic E-state index is 10.4. The molecule has 0 spiro atoms. The number of ether oxygens (including phenoxy) is 1. The van der Waals surface area contributed by atoms with Gasteiger partial charge in [-0.05, 0) is 5.41 Å². The third kappa shape index (κ3) is 5.73. The lowest BCUT2D eigenvalue weighted by atomic mass is 10.8. The number of carbonyl (C=O) groups is 1. The summed E-state index contributed by atoms with van der Waals surface area (Å²) in [6, 6.07) is 0. The predicted molar refractivity (Wildman–Crippen MR) is 39.5 cm³/mol. The van der Waals surface area contributed by atoms with Crippen LogP contribution in [-0.4, -0.2) is 18.8 Å². The number of hydrogen-bond donors (Lipinski definition) is 0. The molecular formula is C5H7ClO2S. The molecule has 4 heteroatoms. The standard InChI is InChI=1S/C5H7ClO2S/c1-8-5(7)4-9-3-2-6/h2-3H,4H2,1H3/b3-2+. The number of hydrogen-bond acceptors (Lipinski definition) is 3. The van der Waals surface area contributed by atoms with Crippen molar-refractivity contribution in [2.45, 2.75) is 0 Å². The lowest BCUT2D eigenvalue weighted by molar-refractivity contribution is -0.137. The van der Waals surface area contributed by atoms with E-state index in [1.165, 1.54) is 24.4 Å². The molecule has 0 aromatic rings. The zero-order valence-corrected chi connectivity index (χ0v) is 6.54. The van der Waals surface area contributed by atoms with E-state index in [4.69, 9.17) is 11.6 Å². The van der Waals surface area contributed by atoms with Gasteiger partial charge in [0, 0.05) is 5.54 Å². The molecule has 0 aliphatic rings. The molecule has 0 rings (SSSR count). The largest absolute Gasteiger partial charge is 0.468 e. The van der Waals surface area contributed by atoms with Gasteiger partial charge in [-0.2, -0.15) is 0 Å². The summed E-state index contributed by atoms with van der Waals surface area (Å²) in [5, 5.41) is 1.62. The van der Waals surface area contributed by atoms with E-state index in [2.05, 4.69) is 4.74 Å². The molecule has 0 bridgehead atoms. The molecule has 0 saturated carbocycles. The number of thioether (sulfide) groups is 1. The van der Waals surface area contributed by atoms with Crippen LogP contribution in [0.25, 0.3) is 0 Å². The second-order valence-electron chi connectivity index (χ2n) is 1.15. The first kappa shape index (κ1) is 8.85. The first-order chi connectivity index (χ1) is 4.31. The zero-order valence-electron chi connectivity index (χ0n) is 4.96. The molecule has 0 heterocycles. The van der Waals surface area contributed by atoms with E-state index in [9.17, 15) is 4.79 Å². The summed E-state index contributed by atoms with van der Waals surface area (Å²) < 4.78 is 4.36. The number of halogens is 1. The van der Waals surface area contributed by atoms with Crippen LogP contribution < -0.4 is 0 Å². The highest BCUT2D eigenvalue weighted by Crippen LogP contribution is 2.02. The summed E-state index contributed by atoms with van der Waals surface area (Å²) >= 11 is 6.47. The van der Waals surface area contributed by atoms with E-state index in [1.54, 1.807) is 5.41 Å². The van der Waals surface area contributed by atoms with Gasteiger partial charge < -0.3 is 4.74 Å². The Hall–Kier alpha value is -0.150. The van der Waals surface area contributed by atoms with Crippen molar-refractivity contribution >= 4 is 29.3 Å². The van der Waals surface area contributed by atoms with E-state index in [1.807, 2.05) is 0 Å². The molecule has 52 valence electrons. The van der Waals surface area contributed by atoms with Crippen LogP contribution in [0.15, 0.2) is 10.9 Å². The van der Waals surface area contributed by atoms with Crippen molar-refractivity contribution in [3.05, 3.63) is 10.9 Å². The maximum atomic E-state index is 10.4. The lowest BCUT2D eigenvalue weighted by Crippen LogP contribution is -2.01. The Morgan fingerprint density at radius 3 is 3.00 bits per heavy atom. The average Bonchev–Trinajstić information content (AvgIpc) is 1.89. The van der Waals surface area contributed by atoms with Crippen molar-refractivity contribution in [1.29, 1.82) is 0 Å². The smallest absolute Gasteiger partial charge is 0.315 e. The number of esters is 1. The summed E-state index contributed by atoms with van der Waals surface area (Å²) in [5.74, 6) is 0.0782. The highest BCUT2D eigenvalue weighted by molar-refractivity contribution is 8.02. The molecule has 2 nitrogen and oxygen atoms in total. The Morgan fingerprint density at radius 2 is 2.56 bits per heavy atom. The normalized spacial score (nSPS) is 10.0. The van der Waals surface area contributed by atoms with Crippen molar-refractivity contribution in [1.82, 2.24) is 0 Å². The van der Waals surface area contributed by atoms with Crippen molar-refractivity contribution < 1.29 is 9.53 Å². The quantitative estimate of drug-likeness (QED) is 0.596. The van der Waals surface area contributed by atoms with Gasteiger partial charge in [0.15, 0.2) is 0 Å². The molecule has 0 amide bonds. The first-order valence-electron chi connectivity index (χ1n) is 2.25. The fourth-order valence-electron chi connectivity index (χ4n) is 0.211. The molecule has 0 aliphatic heterocycles. The fourth-order valence-corrected chi connectivity index (χ4v) is 0.853. The molecular weight excluding hydrogens is 160 g/mol. The van der Waals surface area contributed by atoms with Gasteiger partial charge in [0.1, 0.15) is 0 Å². The van der Waals surface area contributed by atoms with Gasteiger partial charge >= 0.3 is 5.97 Å². The molecule has 9 heavy (non-hydrogen) atoms. The summed E-state index contributed by atoms with van der Waals surface area (Å²) in [5.41, 5.74) is 1.35. The third-order valence-electron chi connectivity index (χ3n) is 0.577. The van der Waals surface area contributed by atoms with Crippen molar-refractivity contribution in [2.75, 3.05) is 12.9 Å². The molecule has 0 aliphatic carbocycles. The predicted octanol–water partition coefficient (Wildman–Crippen LogP) is 1.60. The summed E-state index contributed by atoms with van der Waals surface area (Å²) in [7, 11) is 1.35. The van der Waals surface area contributed by atoms with Crippen LogP contribution in [-0.2, 0) is 9.53 Å². The van der Waals surface area contributed by atoms with Gasteiger partial charge in [-0.25, -0.2) is 0 Å². The zero-order chi connectivity index (χ0) is 7.11. The van der Waals surface area contributed by atoms with Crippen LogP contribution in [0.1, 0.15) is 0 Å². The fraction of sp³-hybridized carbons (Fsp3) is 0.400. The van der Waals surface area contributed by atoms with Gasteiger partial charge in [-0.1, -0.05) is 11.6 Å². The van der Waals surface area contributed by atoms with Crippen molar-refractivity contribution in [2.24, 2.45) is 0 Å². The highest BCUT2D eigenvalue weighted by atomic mass is 35.5. The van der Waals surface area contributed by atoms with Crippen LogP contribution in [0.2, 0.25) is 0 Å². The molecule has 0 aromatic heterocycles. The van der Waals surface area contributed by atoms with Crippen LogP contribution in [0.4, 0.5) is 0 Å². The second kappa shape index (κ2) is 5.98. The van der Waals surface area contributed by atoms with Gasteiger partial charge in [-0.3, -0.25) is 4.79 Å². The molecule has 0 fully saturated rings. The second-order valence-corrected chi connectivity index (χ2v) is 2.30. The Bertz CT molecular complexity index is 114. The van der Waals surface area contributed by atoms with Crippen LogP contribution >= 0.6 is 23.4 Å². The van der Waals surface area contributed by atoms with Crippen LogP contribution in [0.5, 0.6) is 0 Å². The van der Waals surface area contributed by atoms with E-state index >= 15 is 0 Å². The molecule has 0 N–H and O–H groups in total. The number of rotatable bonds is 3. The molecule has 0 saturated heterocycles. The average molecular weight is 167 g/mol. The Kier molecular flexibility index (Phi) is 5.88. The van der Waals surface area contributed by atoms with Crippen LogP contribution in [0.3, 0.4) is 0 Å². The highest BCUT2D eigenvalue weighted by Gasteiger charge is 1.95. The Labute approximate surface area is 63.2 Å². The first-order valence-corrected chi connectivity index (χ1v) is 3.73. The van der Waals surface area contributed by atoms with Gasteiger partial charge in [0.25, 0.3) is 0 Å². The minimum absolute atomic E-state index is 0.241. The van der Waals surface area contributed by atoms with Crippen molar-refractivity contribution in [3.8, 4) is 0 Å². The monoisotopic (exact) mass is 166 g/mol. The van der Waals surface area contributed by atoms with E-state index in [0.717, 1.165) is 0 Å². The topological polar surface area (TPSA) is 26.3 Å². The molecule has 0 radical (unpaired) electrons. The molecule has 0 unspecified atom stereocenters. The summed E-state index contributed by atoms with van der Waals surface area (Å²) in [6.45, 7) is 0. The van der Waals surface area contributed by atoms with Crippen molar-refractivity contribution in [3.63, 3.8) is 0 Å². The Balaban J connectivity index is 3.17. The lowest BCUT2D eigenvalue weighted by Gasteiger charge is -1.92. The minimum atomic E-state index is -0.241. The maximum Gasteiger partial charge on any atom is 0.315 e. The van der Waals surface area contributed by atoms with E-state index in [-0.39, 0.29) is 5.97 Å². The number of carbonyl (C=O) groups excluding carboxylic acids is 1. The third-order valence-corrected chi connectivity index (χ3v) is 1.58.